The number of carbonyl (C=O) groups excluding carboxylic acids is 2. The van der Waals surface area contributed by atoms with Crippen LogP contribution in [0.25, 0.3) is 10.9 Å². The van der Waals surface area contributed by atoms with Crippen molar-refractivity contribution in [3.05, 3.63) is 71.9 Å². The van der Waals surface area contributed by atoms with E-state index in [1.807, 2.05) is 60.8 Å². The number of para-hydroxylation sites is 1. The highest BCUT2D eigenvalue weighted by Gasteiger charge is 2.28. The second-order valence-corrected chi connectivity index (χ2v) is 9.44. The van der Waals surface area contributed by atoms with Crippen molar-refractivity contribution in [2.24, 2.45) is 11.8 Å². The molecule has 2 aromatic carbocycles. The number of carbonyl (C=O) groups is 2. The molecule has 1 aromatic heterocycles. The number of aromatic nitrogens is 1. The molecule has 6 nitrogen and oxygen atoms in total. The first-order valence-electron chi connectivity index (χ1n) is 12.4. The molecule has 0 spiro atoms. The summed E-state index contributed by atoms with van der Waals surface area (Å²) >= 11 is 0. The standard InChI is InChI=1S/C28H35N3O3/c32-19-21(15-20-9-3-1-4-10-20)17-30-28(34)26(31-27(33)22-11-5-2-6-12-22)16-23-18-29-25-14-8-7-13-24(23)25/h1,3-4,7-10,13-14,18,21-22,26,29,32H,2,5-6,11-12,15-17,19H2,(H,30,34)(H,31,33)/t21-,26?/m0/s1. The maximum atomic E-state index is 13.3. The molecule has 1 unspecified atom stereocenters. The van der Waals surface area contributed by atoms with Crippen molar-refractivity contribution in [2.45, 2.75) is 51.0 Å². The number of aliphatic hydroxyl groups excluding tert-OH is 1. The van der Waals surface area contributed by atoms with Crippen molar-refractivity contribution in [3.63, 3.8) is 0 Å². The summed E-state index contributed by atoms with van der Waals surface area (Å²) in [6.45, 7) is 0.338. The van der Waals surface area contributed by atoms with Crippen LogP contribution in [0.15, 0.2) is 60.8 Å². The van der Waals surface area contributed by atoms with E-state index in [0.717, 1.165) is 47.7 Å². The first-order chi connectivity index (χ1) is 16.6. The first-order valence-corrected chi connectivity index (χ1v) is 12.4. The molecular formula is C28H35N3O3. The van der Waals surface area contributed by atoms with Gasteiger partial charge in [0, 0.05) is 48.5 Å². The molecule has 1 aliphatic carbocycles. The fourth-order valence-corrected chi connectivity index (χ4v) is 4.90. The Hall–Kier alpha value is -3.12. The van der Waals surface area contributed by atoms with E-state index in [1.54, 1.807) is 0 Å². The minimum atomic E-state index is -0.662. The number of hydrogen-bond donors (Lipinski definition) is 4. The molecule has 1 saturated carbocycles. The molecule has 3 aromatic rings. The van der Waals surface area contributed by atoms with Crippen molar-refractivity contribution in [1.29, 1.82) is 0 Å². The number of nitrogens with one attached hydrogen (secondary N) is 3. The van der Waals surface area contributed by atoms with Crippen LogP contribution in [0.5, 0.6) is 0 Å². The van der Waals surface area contributed by atoms with Gasteiger partial charge in [-0.15, -0.1) is 0 Å². The van der Waals surface area contributed by atoms with Gasteiger partial charge in [-0.2, -0.15) is 0 Å². The Morgan fingerprint density at radius 2 is 1.71 bits per heavy atom. The lowest BCUT2D eigenvalue weighted by molar-refractivity contribution is -0.131. The molecule has 0 bridgehead atoms. The second kappa shape index (κ2) is 11.8. The van der Waals surface area contributed by atoms with Gasteiger partial charge in [0.2, 0.25) is 11.8 Å². The monoisotopic (exact) mass is 461 g/mol. The Balaban J connectivity index is 1.44. The van der Waals surface area contributed by atoms with E-state index in [1.165, 1.54) is 6.42 Å². The molecule has 6 heteroatoms. The Kier molecular flexibility index (Phi) is 8.36. The molecule has 1 fully saturated rings. The first kappa shape index (κ1) is 24.0. The fourth-order valence-electron chi connectivity index (χ4n) is 4.90. The minimum absolute atomic E-state index is 0.0171. The van der Waals surface area contributed by atoms with Crippen LogP contribution in [0, 0.1) is 11.8 Å². The topological polar surface area (TPSA) is 94.2 Å². The van der Waals surface area contributed by atoms with Gasteiger partial charge in [-0.1, -0.05) is 67.8 Å². The van der Waals surface area contributed by atoms with Crippen LogP contribution in [0.4, 0.5) is 0 Å². The molecule has 2 amide bonds. The van der Waals surface area contributed by atoms with Crippen molar-refractivity contribution in [1.82, 2.24) is 15.6 Å². The van der Waals surface area contributed by atoms with Crippen LogP contribution in [0.1, 0.15) is 43.2 Å². The van der Waals surface area contributed by atoms with Gasteiger partial charge in [-0.3, -0.25) is 9.59 Å². The third-order valence-corrected chi connectivity index (χ3v) is 6.90. The number of aliphatic hydroxyl groups is 1. The number of H-pyrrole nitrogens is 1. The second-order valence-electron chi connectivity index (χ2n) is 9.44. The number of benzene rings is 2. The highest BCUT2D eigenvalue weighted by Crippen LogP contribution is 2.24. The molecule has 0 aliphatic heterocycles. The van der Waals surface area contributed by atoms with Crippen LogP contribution in [-0.4, -0.2) is 41.1 Å². The summed E-state index contributed by atoms with van der Waals surface area (Å²) in [5.41, 5.74) is 3.14. The van der Waals surface area contributed by atoms with Gasteiger partial charge in [0.25, 0.3) is 0 Å². The molecule has 1 aliphatic rings. The van der Waals surface area contributed by atoms with Gasteiger partial charge in [-0.05, 0) is 36.5 Å². The van der Waals surface area contributed by atoms with Gasteiger partial charge < -0.3 is 20.7 Å². The van der Waals surface area contributed by atoms with Gasteiger partial charge >= 0.3 is 0 Å². The van der Waals surface area contributed by atoms with Crippen molar-refractivity contribution in [3.8, 4) is 0 Å². The number of rotatable bonds is 10. The highest BCUT2D eigenvalue weighted by atomic mass is 16.3. The number of hydrogen-bond acceptors (Lipinski definition) is 3. The zero-order chi connectivity index (χ0) is 23.8. The van der Waals surface area contributed by atoms with Crippen LogP contribution in [0.2, 0.25) is 0 Å². The van der Waals surface area contributed by atoms with E-state index in [9.17, 15) is 14.7 Å². The van der Waals surface area contributed by atoms with Crippen LogP contribution >= 0.6 is 0 Å². The van der Waals surface area contributed by atoms with E-state index in [4.69, 9.17) is 0 Å². The van der Waals surface area contributed by atoms with Crippen molar-refractivity contribution in [2.75, 3.05) is 13.2 Å². The SMILES string of the molecule is O=C(NC(Cc1c[nH]c2ccccc12)C(=O)NC[C@@H](CO)Cc1ccccc1)C1CCCCC1. The predicted octanol–water partition coefficient (Wildman–Crippen LogP) is 3.74. The van der Waals surface area contributed by atoms with E-state index in [2.05, 4.69) is 15.6 Å². The van der Waals surface area contributed by atoms with Crippen LogP contribution in [0.3, 0.4) is 0 Å². The Morgan fingerprint density at radius 3 is 2.47 bits per heavy atom. The van der Waals surface area contributed by atoms with Crippen LogP contribution in [-0.2, 0) is 22.4 Å². The number of amides is 2. The molecule has 4 rings (SSSR count). The Labute approximate surface area is 201 Å². The maximum Gasteiger partial charge on any atom is 0.242 e. The van der Waals surface area contributed by atoms with E-state index >= 15 is 0 Å². The Morgan fingerprint density at radius 1 is 0.971 bits per heavy atom. The van der Waals surface area contributed by atoms with Crippen molar-refractivity contribution < 1.29 is 14.7 Å². The lowest BCUT2D eigenvalue weighted by atomic mass is 9.88. The van der Waals surface area contributed by atoms with Gasteiger partial charge in [0.1, 0.15) is 6.04 Å². The highest BCUT2D eigenvalue weighted by molar-refractivity contribution is 5.90. The van der Waals surface area contributed by atoms with E-state index in [-0.39, 0.29) is 30.3 Å². The molecule has 0 radical (unpaired) electrons. The van der Waals surface area contributed by atoms with E-state index < -0.39 is 6.04 Å². The predicted molar refractivity (Wildman–Crippen MR) is 134 cm³/mol. The molecule has 2 atom stereocenters. The zero-order valence-electron chi connectivity index (χ0n) is 19.6. The van der Waals surface area contributed by atoms with E-state index in [0.29, 0.717) is 19.4 Å². The zero-order valence-corrected chi connectivity index (χ0v) is 19.6. The summed E-state index contributed by atoms with van der Waals surface area (Å²) in [7, 11) is 0. The third-order valence-electron chi connectivity index (χ3n) is 6.90. The Bertz CT molecular complexity index is 1070. The molecule has 4 N–H and O–H groups in total. The summed E-state index contributed by atoms with van der Waals surface area (Å²) in [6, 6.07) is 17.3. The molecule has 1 heterocycles. The quantitative estimate of drug-likeness (QED) is 0.370. The third kappa shape index (κ3) is 6.26. The summed E-state index contributed by atoms with van der Waals surface area (Å²) in [5.74, 6) is -0.340. The lowest BCUT2D eigenvalue weighted by Crippen LogP contribution is -2.50. The van der Waals surface area contributed by atoms with Crippen molar-refractivity contribution >= 4 is 22.7 Å². The largest absolute Gasteiger partial charge is 0.396 e. The van der Waals surface area contributed by atoms with Gasteiger partial charge in [0.05, 0.1) is 0 Å². The number of aromatic amines is 1. The lowest BCUT2D eigenvalue weighted by Gasteiger charge is -2.25. The fraction of sp³-hybridized carbons (Fsp3) is 0.429. The molecule has 0 saturated heterocycles. The molecule has 34 heavy (non-hydrogen) atoms. The van der Waals surface area contributed by atoms with Gasteiger partial charge in [-0.25, -0.2) is 0 Å². The smallest absolute Gasteiger partial charge is 0.242 e. The minimum Gasteiger partial charge on any atom is -0.396 e. The average molecular weight is 462 g/mol. The molecular weight excluding hydrogens is 426 g/mol. The summed E-state index contributed by atoms with van der Waals surface area (Å²) in [4.78, 5) is 29.5. The number of fused-ring (bicyclic) bond motifs is 1. The summed E-state index contributed by atoms with van der Waals surface area (Å²) in [6.07, 6.45) is 8.09. The molecule has 180 valence electrons. The van der Waals surface area contributed by atoms with Gasteiger partial charge in [0.15, 0.2) is 0 Å². The van der Waals surface area contributed by atoms with Crippen LogP contribution < -0.4 is 10.6 Å². The average Bonchev–Trinajstić information content (AvgIpc) is 3.29. The summed E-state index contributed by atoms with van der Waals surface area (Å²) in [5, 5.41) is 17.0. The maximum absolute atomic E-state index is 13.3. The summed E-state index contributed by atoms with van der Waals surface area (Å²) < 4.78 is 0. The normalized spacial score (nSPS) is 16.1.